The molecule has 0 saturated carbocycles. The molecule has 0 fully saturated rings. The van der Waals surface area contributed by atoms with Crippen molar-refractivity contribution in [1.29, 1.82) is 0 Å². The second kappa shape index (κ2) is 7.36. The summed E-state index contributed by atoms with van der Waals surface area (Å²) in [6.07, 6.45) is -0.471. The average Bonchev–Trinajstić information content (AvgIpc) is 2.90. The van der Waals surface area contributed by atoms with Crippen LogP contribution < -0.4 is 10.1 Å². The van der Waals surface area contributed by atoms with Gasteiger partial charge in [-0.15, -0.1) is 0 Å². The summed E-state index contributed by atoms with van der Waals surface area (Å²) in [4.78, 5) is 12.3. The van der Waals surface area contributed by atoms with E-state index in [1.54, 1.807) is 6.07 Å². The molecule has 0 aliphatic carbocycles. The van der Waals surface area contributed by atoms with Crippen molar-refractivity contribution in [1.82, 2.24) is 5.32 Å². The maximum absolute atomic E-state index is 12.3. The highest BCUT2D eigenvalue weighted by Gasteiger charge is 2.49. The van der Waals surface area contributed by atoms with Crippen LogP contribution in [0.1, 0.15) is 44.7 Å². The monoisotopic (exact) mass is 451 g/mol. The summed E-state index contributed by atoms with van der Waals surface area (Å²) in [5.74, 6) is 0.714. The fourth-order valence-electron chi connectivity index (χ4n) is 3.40. The Labute approximate surface area is 173 Å². The van der Waals surface area contributed by atoms with E-state index in [0.29, 0.717) is 5.02 Å². The van der Waals surface area contributed by atoms with E-state index in [4.69, 9.17) is 21.1 Å². The highest BCUT2D eigenvalue weighted by Crippen LogP contribution is 2.53. The number of nitrogens with one attached hydrogen (secondary N) is 1. The van der Waals surface area contributed by atoms with Crippen LogP contribution in [0, 0.1) is 0 Å². The van der Waals surface area contributed by atoms with E-state index >= 15 is 0 Å². The van der Waals surface area contributed by atoms with E-state index in [2.05, 4.69) is 28.2 Å². The summed E-state index contributed by atoms with van der Waals surface area (Å²) >= 11 is 9.90. The normalized spacial score (nSPS) is 21.3. The second-order valence-electron chi connectivity index (χ2n) is 7.71. The van der Waals surface area contributed by atoms with Crippen LogP contribution in [0.2, 0.25) is 5.02 Å². The molecular formula is C21H23BrClNO3. The lowest BCUT2D eigenvalue weighted by Crippen LogP contribution is -2.47. The zero-order valence-electron chi connectivity index (χ0n) is 15.8. The van der Waals surface area contributed by atoms with Gasteiger partial charge in [0, 0.05) is 16.0 Å². The van der Waals surface area contributed by atoms with Crippen LogP contribution in [-0.2, 0) is 10.3 Å². The van der Waals surface area contributed by atoms with Gasteiger partial charge in [-0.05, 0) is 54.4 Å². The van der Waals surface area contributed by atoms with Crippen molar-refractivity contribution in [3.63, 3.8) is 0 Å². The SMILES string of the molecule is C[C@@H]1c2c(ccc(Cl)c2Br)O[C@@]1(CNC(=O)OC(C)(C)C)c1ccccc1. The number of carbonyl (C=O) groups excluding carboxylic acids is 1. The lowest BCUT2D eigenvalue weighted by Gasteiger charge is -2.34. The van der Waals surface area contributed by atoms with Gasteiger partial charge in [0.2, 0.25) is 0 Å². The van der Waals surface area contributed by atoms with Crippen LogP contribution in [0.4, 0.5) is 4.79 Å². The van der Waals surface area contributed by atoms with E-state index < -0.39 is 17.3 Å². The van der Waals surface area contributed by atoms with E-state index in [9.17, 15) is 4.79 Å². The van der Waals surface area contributed by atoms with Crippen molar-refractivity contribution < 1.29 is 14.3 Å². The summed E-state index contributed by atoms with van der Waals surface area (Å²) in [6.45, 7) is 7.86. The van der Waals surface area contributed by atoms with Crippen LogP contribution in [0.3, 0.4) is 0 Å². The number of hydrogen-bond acceptors (Lipinski definition) is 3. The molecule has 6 heteroatoms. The first-order valence-electron chi connectivity index (χ1n) is 8.83. The zero-order chi connectivity index (χ0) is 19.8. The molecule has 2 aromatic carbocycles. The Balaban J connectivity index is 1.97. The standard InChI is InChI=1S/C21H23BrClNO3/c1-13-17-16(11-10-15(23)18(17)22)26-21(13,14-8-6-5-7-9-14)12-24-19(25)27-20(2,3)4/h5-11,13H,12H2,1-4H3,(H,24,25)/t13-,21-/m1/s1. The molecule has 0 radical (unpaired) electrons. The summed E-state index contributed by atoms with van der Waals surface area (Å²) in [7, 11) is 0. The summed E-state index contributed by atoms with van der Waals surface area (Å²) < 4.78 is 12.7. The summed E-state index contributed by atoms with van der Waals surface area (Å²) in [5.41, 5.74) is 0.657. The van der Waals surface area contributed by atoms with Crippen LogP contribution in [-0.4, -0.2) is 18.2 Å². The van der Waals surface area contributed by atoms with Gasteiger partial charge in [-0.3, -0.25) is 0 Å². The van der Waals surface area contributed by atoms with Gasteiger partial charge in [-0.2, -0.15) is 0 Å². The molecule has 1 heterocycles. The second-order valence-corrected chi connectivity index (χ2v) is 8.91. The van der Waals surface area contributed by atoms with Crippen molar-refractivity contribution in [3.8, 4) is 5.75 Å². The molecule has 0 saturated heterocycles. The number of benzene rings is 2. The lowest BCUT2D eigenvalue weighted by atomic mass is 9.80. The maximum Gasteiger partial charge on any atom is 0.407 e. The third-order valence-electron chi connectivity index (χ3n) is 4.67. The minimum absolute atomic E-state index is 0.0436. The molecule has 144 valence electrons. The number of amides is 1. The number of rotatable bonds is 3. The van der Waals surface area contributed by atoms with Gasteiger partial charge in [0.05, 0.1) is 11.6 Å². The minimum Gasteiger partial charge on any atom is -0.480 e. The molecule has 1 aliphatic heterocycles. The Morgan fingerprint density at radius 2 is 1.93 bits per heavy atom. The third-order valence-corrected chi connectivity index (χ3v) is 6.07. The molecular weight excluding hydrogens is 430 g/mol. The molecule has 0 aromatic heterocycles. The predicted octanol–water partition coefficient (Wildman–Crippen LogP) is 6.02. The Morgan fingerprint density at radius 1 is 1.26 bits per heavy atom. The van der Waals surface area contributed by atoms with Gasteiger partial charge in [-0.25, -0.2) is 4.79 Å². The van der Waals surface area contributed by atoms with Crippen LogP contribution in [0.15, 0.2) is 46.9 Å². The zero-order valence-corrected chi connectivity index (χ0v) is 18.1. The first-order chi connectivity index (χ1) is 12.6. The van der Waals surface area contributed by atoms with E-state index in [1.165, 1.54) is 0 Å². The van der Waals surface area contributed by atoms with Crippen LogP contribution in [0.25, 0.3) is 0 Å². The fourth-order valence-corrected chi connectivity index (χ4v) is 4.23. The molecule has 0 unspecified atom stereocenters. The number of hydrogen-bond donors (Lipinski definition) is 1. The summed E-state index contributed by atoms with van der Waals surface area (Å²) in [5, 5.41) is 3.52. The van der Waals surface area contributed by atoms with Gasteiger partial charge >= 0.3 is 6.09 Å². The highest BCUT2D eigenvalue weighted by molar-refractivity contribution is 9.10. The smallest absolute Gasteiger partial charge is 0.407 e. The number of halogens is 2. The van der Waals surface area contributed by atoms with E-state index in [0.717, 1.165) is 21.3 Å². The van der Waals surface area contributed by atoms with Crippen molar-refractivity contribution in [2.75, 3.05) is 6.54 Å². The molecule has 1 N–H and O–H groups in total. The van der Waals surface area contributed by atoms with Gasteiger partial charge in [-0.1, -0.05) is 48.9 Å². The van der Waals surface area contributed by atoms with E-state index in [1.807, 2.05) is 57.2 Å². The van der Waals surface area contributed by atoms with Crippen molar-refractivity contribution in [2.45, 2.75) is 44.8 Å². The molecule has 1 amide bonds. The molecule has 1 aliphatic rings. The lowest BCUT2D eigenvalue weighted by molar-refractivity contribution is 0.0364. The third kappa shape index (κ3) is 3.94. The molecule has 0 bridgehead atoms. The summed E-state index contributed by atoms with van der Waals surface area (Å²) in [6, 6.07) is 13.6. The first-order valence-corrected chi connectivity index (χ1v) is 10.0. The number of fused-ring (bicyclic) bond motifs is 1. The molecule has 0 spiro atoms. The minimum atomic E-state index is -0.756. The van der Waals surface area contributed by atoms with Gasteiger partial charge in [0.15, 0.2) is 5.60 Å². The topological polar surface area (TPSA) is 47.6 Å². The highest BCUT2D eigenvalue weighted by atomic mass is 79.9. The van der Waals surface area contributed by atoms with Crippen molar-refractivity contribution in [2.24, 2.45) is 0 Å². The Bertz CT molecular complexity index is 850. The van der Waals surface area contributed by atoms with Crippen molar-refractivity contribution in [3.05, 3.63) is 63.1 Å². The van der Waals surface area contributed by atoms with Gasteiger partial charge in [0.1, 0.15) is 11.4 Å². The number of alkyl carbamates (subject to hydrolysis) is 1. The van der Waals surface area contributed by atoms with Gasteiger partial charge in [0.25, 0.3) is 0 Å². The van der Waals surface area contributed by atoms with Crippen molar-refractivity contribution >= 4 is 33.6 Å². The maximum atomic E-state index is 12.3. The first kappa shape index (κ1) is 20.0. The van der Waals surface area contributed by atoms with Crippen LogP contribution in [0.5, 0.6) is 5.75 Å². The molecule has 2 atom stereocenters. The molecule has 27 heavy (non-hydrogen) atoms. The quantitative estimate of drug-likeness (QED) is 0.619. The molecule has 3 rings (SSSR count). The van der Waals surface area contributed by atoms with E-state index in [-0.39, 0.29) is 12.5 Å². The Morgan fingerprint density at radius 3 is 2.56 bits per heavy atom. The Kier molecular flexibility index (Phi) is 5.46. The van der Waals surface area contributed by atoms with Gasteiger partial charge < -0.3 is 14.8 Å². The fraction of sp³-hybridized carbons (Fsp3) is 0.381. The number of carbonyl (C=O) groups is 1. The number of ether oxygens (including phenoxy) is 2. The van der Waals surface area contributed by atoms with Crippen LogP contribution >= 0.6 is 27.5 Å². The predicted molar refractivity (Wildman–Crippen MR) is 111 cm³/mol. The molecule has 2 aromatic rings. The average molecular weight is 453 g/mol. The largest absolute Gasteiger partial charge is 0.480 e. The molecule has 4 nitrogen and oxygen atoms in total. The Hall–Kier alpha value is -1.72.